The third-order valence-electron chi connectivity index (χ3n) is 3.13. The van der Waals surface area contributed by atoms with Crippen LogP contribution < -0.4 is 16.2 Å². The smallest absolute Gasteiger partial charge is 0.321 e. The van der Waals surface area contributed by atoms with Gasteiger partial charge in [0.05, 0.1) is 11.0 Å². The monoisotopic (exact) mass is 297 g/mol. The highest BCUT2D eigenvalue weighted by Crippen LogP contribution is 2.22. The van der Waals surface area contributed by atoms with Crippen molar-refractivity contribution in [1.29, 1.82) is 0 Å². The highest BCUT2D eigenvalue weighted by Gasteiger charge is 2.07. The first-order valence-electron chi connectivity index (χ1n) is 6.90. The normalized spacial score (nSPS) is 10.6. The first-order valence-corrected chi connectivity index (χ1v) is 6.90. The number of fused-ring (bicyclic) bond motifs is 1. The number of carbonyl (C=O) groups excluding carboxylic acids is 1. The van der Waals surface area contributed by atoms with E-state index in [-0.39, 0.29) is 11.6 Å². The van der Waals surface area contributed by atoms with Crippen molar-refractivity contribution in [2.45, 2.75) is 6.92 Å². The number of aromatic amines is 2. The predicted octanol–water partition coefficient (Wildman–Crippen LogP) is 2.06. The fraction of sp³-hybridized carbons (Fsp3) is 0.133. The number of benzene rings is 1. The zero-order chi connectivity index (χ0) is 15.5. The summed E-state index contributed by atoms with van der Waals surface area (Å²) in [6.07, 6.45) is 0. The fourth-order valence-electron chi connectivity index (χ4n) is 2.16. The molecule has 0 unspecified atom stereocenters. The lowest BCUT2D eigenvalue weighted by Gasteiger charge is -2.01. The molecule has 3 rings (SSSR count). The van der Waals surface area contributed by atoms with Crippen LogP contribution >= 0.6 is 0 Å². The minimum absolute atomic E-state index is 0.152. The highest BCUT2D eigenvalue weighted by molar-refractivity contribution is 5.90. The molecule has 0 saturated carbocycles. The van der Waals surface area contributed by atoms with E-state index in [1.54, 1.807) is 6.07 Å². The lowest BCUT2D eigenvalue weighted by atomic mass is 10.1. The summed E-state index contributed by atoms with van der Waals surface area (Å²) < 4.78 is 0. The van der Waals surface area contributed by atoms with Crippen molar-refractivity contribution >= 4 is 23.0 Å². The molecule has 0 spiro atoms. The van der Waals surface area contributed by atoms with E-state index in [9.17, 15) is 9.59 Å². The van der Waals surface area contributed by atoms with Gasteiger partial charge in [0.2, 0.25) is 11.5 Å². The van der Waals surface area contributed by atoms with Crippen molar-refractivity contribution in [3.05, 3.63) is 46.8 Å². The van der Waals surface area contributed by atoms with Crippen LogP contribution in [-0.4, -0.2) is 27.5 Å². The molecule has 1 aromatic carbocycles. The third kappa shape index (κ3) is 2.83. The summed E-state index contributed by atoms with van der Waals surface area (Å²) in [5, 5.41) is 5.26. The number of hydrogen-bond donors (Lipinski definition) is 4. The summed E-state index contributed by atoms with van der Waals surface area (Å²) in [5.74, 6) is 0.375. The van der Waals surface area contributed by atoms with E-state index >= 15 is 0 Å². The first kappa shape index (κ1) is 13.9. The number of nitrogens with zero attached hydrogens (tertiary/aromatic N) is 1. The molecule has 0 saturated heterocycles. The van der Waals surface area contributed by atoms with Gasteiger partial charge in [0.1, 0.15) is 0 Å². The van der Waals surface area contributed by atoms with Crippen molar-refractivity contribution in [2.24, 2.45) is 0 Å². The van der Waals surface area contributed by atoms with Gasteiger partial charge in [-0.1, -0.05) is 12.1 Å². The Balaban J connectivity index is 1.93. The van der Waals surface area contributed by atoms with Crippen LogP contribution in [0.25, 0.3) is 22.3 Å². The summed E-state index contributed by atoms with van der Waals surface area (Å²) in [5.41, 5.74) is 2.93. The maximum absolute atomic E-state index is 11.5. The molecular formula is C15H15N5O2. The summed E-state index contributed by atoms with van der Waals surface area (Å²) >= 11 is 0. The minimum Gasteiger partial charge on any atom is -0.338 e. The Kier molecular flexibility index (Phi) is 3.61. The summed E-state index contributed by atoms with van der Waals surface area (Å²) in [6.45, 7) is 2.38. The largest absolute Gasteiger partial charge is 0.338 e. The number of hydrogen-bond acceptors (Lipinski definition) is 3. The van der Waals surface area contributed by atoms with Gasteiger partial charge in [-0.05, 0) is 25.1 Å². The van der Waals surface area contributed by atoms with Gasteiger partial charge in [-0.15, -0.1) is 0 Å². The second-order valence-electron chi connectivity index (χ2n) is 4.73. The topological polar surface area (TPSA) is 103 Å². The number of aromatic nitrogens is 3. The SMILES string of the molecule is CCNC(=O)Nc1nc2ccc(-c3cccc(=O)[nH]3)cc2[nH]1. The van der Waals surface area contributed by atoms with Crippen molar-refractivity contribution in [2.75, 3.05) is 11.9 Å². The molecule has 22 heavy (non-hydrogen) atoms. The Labute approximate surface area is 125 Å². The molecule has 2 aromatic heterocycles. The number of carbonyl (C=O) groups is 1. The number of nitrogens with one attached hydrogen (secondary N) is 4. The Morgan fingerprint density at radius 3 is 2.86 bits per heavy atom. The van der Waals surface area contributed by atoms with Crippen molar-refractivity contribution in [1.82, 2.24) is 20.3 Å². The van der Waals surface area contributed by atoms with Gasteiger partial charge in [0.25, 0.3) is 0 Å². The predicted molar refractivity (Wildman–Crippen MR) is 84.8 cm³/mol. The van der Waals surface area contributed by atoms with E-state index in [1.807, 2.05) is 31.2 Å². The average molecular weight is 297 g/mol. The standard InChI is InChI=1S/C15H15N5O2/c1-2-16-15(22)20-14-18-11-7-6-9(8-12(11)19-14)10-4-3-5-13(21)17-10/h3-8H,2H2,1H3,(H,17,21)(H3,16,18,19,20,22). The van der Waals surface area contributed by atoms with Crippen molar-refractivity contribution in [3.63, 3.8) is 0 Å². The molecule has 0 radical (unpaired) electrons. The number of urea groups is 1. The second-order valence-corrected chi connectivity index (χ2v) is 4.73. The number of anilines is 1. The van der Waals surface area contributed by atoms with Crippen LogP contribution in [0.4, 0.5) is 10.7 Å². The van der Waals surface area contributed by atoms with Crippen LogP contribution in [-0.2, 0) is 0 Å². The van der Waals surface area contributed by atoms with Gasteiger partial charge < -0.3 is 15.3 Å². The summed E-state index contributed by atoms with van der Waals surface area (Å²) in [4.78, 5) is 33.0. The third-order valence-corrected chi connectivity index (χ3v) is 3.13. The maximum atomic E-state index is 11.5. The first-order chi connectivity index (χ1) is 10.7. The van der Waals surface area contributed by atoms with Crippen molar-refractivity contribution < 1.29 is 4.79 Å². The molecule has 2 amide bonds. The Morgan fingerprint density at radius 1 is 1.23 bits per heavy atom. The van der Waals surface area contributed by atoms with Gasteiger partial charge in [-0.2, -0.15) is 0 Å². The lowest BCUT2D eigenvalue weighted by Crippen LogP contribution is -2.28. The van der Waals surface area contributed by atoms with Gasteiger partial charge in [0, 0.05) is 23.9 Å². The summed E-state index contributed by atoms with van der Waals surface area (Å²) in [7, 11) is 0. The minimum atomic E-state index is -0.311. The van der Waals surface area contributed by atoms with E-state index in [4.69, 9.17) is 0 Å². The Morgan fingerprint density at radius 2 is 2.09 bits per heavy atom. The molecule has 0 bridgehead atoms. The van der Waals surface area contributed by atoms with Crippen LogP contribution in [0.5, 0.6) is 0 Å². The average Bonchev–Trinajstić information content (AvgIpc) is 2.88. The Hall–Kier alpha value is -3.09. The van der Waals surface area contributed by atoms with Gasteiger partial charge in [-0.3, -0.25) is 10.1 Å². The molecule has 0 atom stereocenters. The van der Waals surface area contributed by atoms with E-state index in [0.29, 0.717) is 12.5 Å². The quantitative estimate of drug-likeness (QED) is 0.595. The second kappa shape index (κ2) is 5.72. The van der Waals surface area contributed by atoms with E-state index in [1.165, 1.54) is 6.07 Å². The molecule has 4 N–H and O–H groups in total. The maximum Gasteiger partial charge on any atom is 0.321 e. The molecule has 0 fully saturated rings. The van der Waals surface area contributed by atoms with Gasteiger partial charge >= 0.3 is 6.03 Å². The highest BCUT2D eigenvalue weighted by atomic mass is 16.2. The molecule has 0 aliphatic carbocycles. The molecule has 112 valence electrons. The number of H-pyrrole nitrogens is 2. The van der Waals surface area contributed by atoms with E-state index in [2.05, 4.69) is 25.6 Å². The molecule has 3 aromatic rings. The van der Waals surface area contributed by atoms with Crippen LogP contribution in [0.2, 0.25) is 0 Å². The van der Waals surface area contributed by atoms with E-state index < -0.39 is 0 Å². The Bertz CT molecular complexity index is 881. The molecular weight excluding hydrogens is 282 g/mol. The summed E-state index contributed by atoms with van der Waals surface area (Å²) in [6, 6.07) is 10.2. The van der Waals surface area contributed by atoms with Crippen molar-refractivity contribution in [3.8, 4) is 11.3 Å². The van der Waals surface area contributed by atoms with Gasteiger partial charge in [0.15, 0.2) is 0 Å². The van der Waals surface area contributed by atoms with Crippen LogP contribution in [0.1, 0.15) is 6.92 Å². The lowest BCUT2D eigenvalue weighted by molar-refractivity contribution is 0.252. The molecule has 0 aliphatic rings. The fourth-order valence-corrected chi connectivity index (χ4v) is 2.16. The molecule has 7 heteroatoms. The number of amides is 2. The number of imidazole rings is 1. The van der Waals surface area contributed by atoms with Crippen LogP contribution in [0, 0.1) is 0 Å². The number of rotatable bonds is 3. The molecule has 2 heterocycles. The van der Waals surface area contributed by atoms with Crippen LogP contribution in [0.15, 0.2) is 41.2 Å². The van der Waals surface area contributed by atoms with E-state index in [0.717, 1.165) is 22.3 Å². The zero-order valence-electron chi connectivity index (χ0n) is 11.9. The molecule has 0 aliphatic heterocycles. The van der Waals surface area contributed by atoms with Gasteiger partial charge in [-0.25, -0.2) is 9.78 Å². The number of pyridine rings is 1. The molecule has 7 nitrogen and oxygen atoms in total. The zero-order valence-corrected chi connectivity index (χ0v) is 11.9. The van der Waals surface area contributed by atoms with Crippen LogP contribution in [0.3, 0.4) is 0 Å².